The fourth-order valence-electron chi connectivity index (χ4n) is 2.57. The Labute approximate surface area is 123 Å². The maximum Gasteiger partial charge on any atom is 0.243 e. The number of carbonyl (C=O) groups excluding carboxylic acids is 1. The number of amides is 1. The van der Waals surface area contributed by atoms with Gasteiger partial charge in [0.25, 0.3) is 0 Å². The standard InChI is InChI=1S/C15H31N3O2/c1-7-15(4)14(19)18(13(16-15)12(2)3)9-8-17(5)10-11-20-6/h12-13,16H,7-11H2,1-6H3. The molecule has 1 heterocycles. The van der Waals surface area contributed by atoms with E-state index >= 15 is 0 Å². The summed E-state index contributed by atoms with van der Waals surface area (Å²) in [5, 5.41) is 3.52. The molecule has 0 aromatic heterocycles. The first-order valence-corrected chi connectivity index (χ1v) is 7.62. The zero-order valence-electron chi connectivity index (χ0n) is 13.9. The summed E-state index contributed by atoms with van der Waals surface area (Å²) in [5.74, 6) is 0.649. The number of rotatable bonds is 8. The molecule has 1 N–H and O–H groups in total. The first-order chi connectivity index (χ1) is 9.35. The zero-order chi connectivity index (χ0) is 15.3. The molecular formula is C15H31N3O2. The Hall–Kier alpha value is -0.650. The first kappa shape index (κ1) is 17.4. The first-order valence-electron chi connectivity index (χ1n) is 7.62. The molecule has 5 heteroatoms. The maximum atomic E-state index is 12.6. The number of ether oxygens (including phenoxy) is 1. The van der Waals surface area contributed by atoms with E-state index in [9.17, 15) is 4.79 Å². The molecule has 2 atom stereocenters. The summed E-state index contributed by atoms with van der Waals surface area (Å²) >= 11 is 0. The van der Waals surface area contributed by atoms with E-state index in [1.54, 1.807) is 7.11 Å². The molecule has 5 nitrogen and oxygen atoms in total. The van der Waals surface area contributed by atoms with Crippen LogP contribution in [0.2, 0.25) is 0 Å². The summed E-state index contributed by atoms with van der Waals surface area (Å²) < 4.78 is 5.08. The van der Waals surface area contributed by atoms with Crippen LogP contribution in [0.25, 0.3) is 0 Å². The SMILES string of the molecule is CCC1(C)NC(C(C)C)N(CCN(C)CCOC)C1=O. The molecule has 1 aliphatic heterocycles. The van der Waals surface area contributed by atoms with E-state index in [0.717, 1.165) is 32.7 Å². The van der Waals surface area contributed by atoms with Crippen molar-refractivity contribution in [2.24, 2.45) is 5.92 Å². The van der Waals surface area contributed by atoms with E-state index in [1.165, 1.54) is 0 Å². The van der Waals surface area contributed by atoms with Crippen molar-refractivity contribution in [2.45, 2.75) is 45.8 Å². The molecule has 1 rings (SSSR count). The van der Waals surface area contributed by atoms with Gasteiger partial charge in [0.15, 0.2) is 0 Å². The van der Waals surface area contributed by atoms with Gasteiger partial charge < -0.3 is 14.5 Å². The Morgan fingerprint density at radius 2 is 2.10 bits per heavy atom. The molecule has 0 aliphatic carbocycles. The monoisotopic (exact) mass is 285 g/mol. The number of carbonyl (C=O) groups is 1. The lowest BCUT2D eigenvalue weighted by molar-refractivity contribution is -0.133. The zero-order valence-corrected chi connectivity index (χ0v) is 13.9. The van der Waals surface area contributed by atoms with Crippen LogP contribution in [-0.2, 0) is 9.53 Å². The Bertz CT molecular complexity index is 322. The fourth-order valence-corrected chi connectivity index (χ4v) is 2.57. The highest BCUT2D eigenvalue weighted by Gasteiger charge is 2.47. The number of methoxy groups -OCH3 is 1. The number of nitrogens with one attached hydrogen (secondary N) is 1. The maximum absolute atomic E-state index is 12.6. The van der Waals surface area contributed by atoms with Crippen LogP contribution in [0.4, 0.5) is 0 Å². The minimum atomic E-state index is -0.403. The largest absolute Gasteiger partial charge is 0.383 e. The lowest BCUT2D eigenvalue weighted by atomic mass is 9.99. The van der Waals surface area contributed by atoms with Crippen molar-refractivity contribution in [1.29, 1.82) is 0 Å². The Kier molecular flexibility index (Phi) is 6.43. The third-order valence-corrected chi connectivity index (χ3v) is 4.27. The summed E-state index contributed by atoms with van der Waals surface area (Å²) in [6, 6.07) is 0. The van der Waals surface area contributed by atoms with Crippen molar-refractivity contribution in [1.82, 2.24) is 15.1 Å². The molecule has 0 saturated carbocycles. The van der Waals surface area contributed by atoms with Crippen LogP contribution in [0.3, 0.4) is 0 Å². The molecule has 0 spiro atoms. The minimum absolute atomic E-state index is 0.142. The molecule has 1 saturated heterocycles. The van der Waals surface area contributed by atoms with Crippen molar-refractivity contribution >= 4 is 5.91 Å². The average molecular weight is 285 g/mol. The highest BCUT2D eigenvalue weighted by atomic mass is 16.5. The van der Waals surface area contributed by atoms with Gasteiger partial charge in [-0.15, -0.1) is 0 Å². The molecule has 118 valence electrons. The molecule has 20 heavy (non-hydrogen) atoms. The average Bonchev–Trinajstić information content (AvgIpc) is 2.67. The molecule has 1 aliphatic rings. The van der Waals surface area contributed by atoms with Gasteiger partial charge in [0, 0.05) is 26.7 Å². The van der Waals surface area contributed by atoms with Crippen molar-refractivity contribution in [3.63, 3.8) is 0 Å². The van der Waals surface area contributed by atoms with Crippen LogP contribution in [0.1, 0.15) is 34.1 Å². The predicted molar refractivity (Wildman–Crippen MR) is 81.5 cm³/mol. The smallest absolute Gasteiger partial charge is 0.243 e. The second kappa shape index (κ2) is 7.38. The Morgan fingerprint density at radius 3 is 2.60 bits per heavy atom. The number of hydrogen-bond acceptors (Lipinski definition) is 4. The van der Waals surface area contributed by atoms with Gasteiger partial charge in [0.1, 0.15) is 0 Å². The molecule has 1 amide bonds. The van der Waals surface area contributed by atoms with Crippen LogP contribution in [0.15, 0.2) is 0 Å². The van der Waals surface area contributed by atoms with Crippen molar-refractivity contribution in [2.75, 3.05) is 40.4 Å². The summed E-state index contributed by atoms with van der Waals surface area (Å²) in [7, 11) is 3.78. The predicted octanol–water partition coefficient (Wildman–Crippen LogP) is 1.15. The van der Waals surface area contributed by atoms with E-state index < -0.39 is 5.54 Å². The summed E-state index contributed by atoms with van der Waals surface area (Å²) in [4.78, 5) is 16.8. The quantitative estimate of drug-likeness (QED) is 0.726. The highest BCUT2D eigenvalue weighted by molar-refractivity contribution is 5.88. The van der Waals surface area contributed by atoms with Crippen LogP contribution < -0.4 is 5.32 Å². The molecule has 1 fully saturated rings. The van der Waals surface area contributed by atoms with Gasteiger partial charge in [0.05, 0.1) is 18.3 Å². The van der Waals surface area contributed by atoms with Gasteiger partial charge >= 0.3 is 0 Å². The fraction of sp³-hybridized carbons (Fsp3) is 0.933. The van der Waals surface area contributed by atoms with E-state index in [1.807, 2.05) is 11.8 Å². The molecule has 2 unspecified atom stereocenters. The second-order valence-electron chi connectivity index (χ2n) is 6.31. The van der Waals surface area contributed by atoms with E-state index in [-0.39, 0.29) is 12.1 Å². The second-order valence-corrected chi connectivity index (χ2v) is 6.31. The van der Waals surface area contributed by atoms with Crippen molar-refractivity contribution in [3.8, 4) is 0 Å². The molecule has 0 aromatic rings. The molecule has 0 aromatic carbocycles. The third kappa shape index (κ3) is 3.93. The molecule has 0 bridgehead atoms. The van der Waals surface area contributed by atoms with Crippen LogP contribution in [0.5, 0.6) is 0 Å². The van der Waals surface area contributed by atoms with Gasteiger partial charge in [-0.3, -0.25) is 10.1 Å². The van der Waals surface area contributed by atoms with Crippen LogP contribution in [-0.4, -0.2) is 67.8 Å². The van der Waals surface area contributed by atoms with E-state index in [0.29, 0.717) is 5.92 Å². The summed E-state index contributed by atoms with van der Waals surface area (Å²) in [5.41, 5.74) is -0.403. The van der Waals surface area contributed by atoms with E-state index in [4.69, 9.17) is 4.74 Å². The topological polar surface area (TPSA) is 44.8 Å². The highest BCUT2D eigenvalue weighted by Crippen LogP contribution is 2.26. The molecular weight excluding hydrogens is 254 g/mol. The van der Waals surface area contributed by atoms with Crippen molar-refractivity contribution in [3.05, 3.63) is 0 Å². The normalized spacial score (nSPS) is 27.1. The van der Waals surface area contributed by atoms with Gasteiger partial charge in [-0.2, -0.15) is 0 Å². The number of hydrogen-bond donors (Lipinski definition) is 1. The van der Waals surface area contributed by atoms with Crippen molar-refractivity contribution < 1.29 is 9.53 Å². The number of likely N-dealkylation sites (N-methyl/N-ethyl adjacent to an activating group) is 1. The van der Waals surface area contributed by atoms with E-state index in [2.05, 4.69) is 38.0 Å². The van der Waals surface area contributed by atoms with Gasteiger partial charge in [0.2, 0.25) is 5.91 Å². The van der Waals surface area contributed by atoms with Crippen LogP contribution in [0, 0.1) is 5.92 Å². The van der Waals surface area contributed by atoms with Gasteiger partial charge in [-0.25, -0.2) is 0 Å². The Morgan fingerprint density at radius 1 is 1.45 bits per heavy atom. The summed E-state index contributed by atoms with van der Waals surface area (Å²) in [6.07, 6.45) is 0.966. The molecule has 0 radical (unpaired) electrons. The van der Waals surface area contributed by atoms with Crippen LogP contribution >= 0.6 is 0 Å². The third-order valence-electron chi connectivity index (χ3n) is 4.27. The number of nitrogens with zero attached hydrogens (tertiary/aromatic N) is 2. The summed E-state index contributed by atoms with van der Waals surface area (Å²) in [6.45, 7) is 11.7. The minimum Gasteiger partial charge on any atom is -0.383 e. The lowest BCUT2D eigenvalue weighted by Crippen LogP contribution is -2.45. The van der Waals surface area contributed by atoms with Gasteiger partial charge in [-0.1, -0.05) is 20.8 Å². The Balaban J connectivity index is 2.63. The lowest BCUT2D eigenvalue weighted by Gasteiger charge is -2.29. The van der Waals surface area contributed by atoms with Gasteiger partial charge in [-0.05, 0) is 26.3 Å².